The van der Waals surface area contributed by atoms with Crippen molar-refractivity contribution in [3.63, 3.8) is 0 Å². The highest BCUT2D eigenvalue weighted by Crippen LogP contribution is 2.25. The number of benzene rings is 1. The molecule has 0 aromatic heterocycles. The van der Waals surface area contributed by atoms with Gasteiger partial charge in [0.1, 0.15) is 6.54 Å². The number of hydrogen-bond donors (Lipinski definition) is 1. The van der Waals surface area contributed by atoms with Gasteiger partial charge in [0.05, 0.1) is 12.0 Å². The number of carbonyl (C=O) groups excluding carboxylic acids is 1. The lowest BCUT2D eigenvalue weighted by molar-refractivity contribution is -0.141. The summed E-state index contributed by atoms with van der Waals surface area (Å²) in [6.07, 6.45) is 0. The number of ether oxygens (including phenoxy) is 1. The van der Waals surface area contributed by atoms with Crippen molar-refractivity contribution in [3.8, 4) is 0 Å². The molecule has 0 aliphatic rings. The number of sulfonamides is 1. The number of anilines is 1. The summed E-state index contributed by atoms with van der Waals surface area (Å²) in [5.41, 5.74) is 6.62. The Hall–Kier alpha value is -1.60. The first kappa shape index (κ1) is 16.5. The van der Waals surface area contributed by atoms with Gasteiger partial charge in [-0.15, -0.1) is 0 Å². The molecule has 2 N–H and O–H groups in total. The van der Waals surface area contributed by atoms with Crippen LogP contribution in [0.3, 0.4) is 0 Å². The zero-order chi connectivity index (χ0) is 15.5. The molecule has 0 aliphatic heterocycles. The molecule has 0 saturated carbocycles. The van der Waals surface area contributed by atoms with E-state index in [0.29, 0.717) is 11.3 Å². The van der Waals surface area contributed by atoms with Crippen LogP contribution >= 0.6 is 0 Å². The Labute approximate surface area is 119 Å². The van der Waals surface area contributed by atoms with Crippen molar-refractivity contribution in [2.75, 3.05) is 19.4 Å². The number of nitrogens with zero attached hydrogens (tertiary/aromatic N) is 1. The zero-order valence-corrected chi connectivity index (χ0v) is 12.9. The Bertz CT molecular complexity index is 596. The van der Waals surface area contributed by atoms with Crippen molar-refractivity contribution in [2.24, 2.45) is 0 Å². The number of carbonyl (C=O) groups is 1. The first-order valence-corrected chi connectivity index (χ1v) is 7.59. The smallest absolute Gasteiger partial charge is 0.321 e. The SMILES string of the molecule is COC(=O)CN(C(C)C)S(=O)(=O)c1cccc(N)c1C. The molecule has 0 unspecified atom stereocenters. The fourth-order valence-corrected chi connectivity index (χ4v) is 3.61. The maximum Gasteiger partial charge on any atom is 0.321 e. The number of methoxy groups -OCH3 is 1. The average molecular weight is 300 g/mol. The number of hydrogen-bond acceptors (Lipinski definition) is 5. The Morgan fingerprint density at radius 2 is 2.00 bits per heavy atom. The van der Waals surface area contributed by atoms with Crippen molar-refractivity contribution in [1.29, 1.82) is 0 Å². The van der Waals surface area contributed by atoms with Gasteiger partial charge >= 0.3 is 5.97 Å². The van der Waals surface area contributed by atoms with Crippen molar-refractivity contribution >= 4 is 21.7 Å². The predicted molar refractivity (Wildman–Crippen MR) is 76.6 cm³/mol. The van der Waals surface area contributed by atoms with Gasteiger partial charge in [0, 0.05) is 11.7 Å². The van der Waals surface area contributed by atoms with Crippen LogP contribution in [0, 0.1) is 6.92 Å². The maximum atomic E-state index is 12.7. The fourth-order valence-electron chi connectivity index (χ4n) is 1.77. The number of rotatable bonds is 5. The van der Waals surface area contributed by atoms with Crippen LogP contribution in [0.2, 0.25) is 0 Å². The van der Waals surface area contributed by atoms with Gasteiger partial charge in [-0.2, -0.15) is 4.31 Å². The summed E-state index contributed by atoms with van der Waals surface area (Å²) in [7, 11) is -2.58. The van der Waals surface area contributed by atoms with E-state index in [9.17, 15) is 13.2 Å². The van der Waals surface area contributed by atoms with Gasteiger partial charge in [0.2, 0.25) is 10.0 Å². The lowest BCUT2D eigenvalue weighted by atomic mass is 10.2. The molecule has 0 aliphatic carbocycles. The van der Waals surface area contributed by atoms with Gasteiger partial charge in [0.25, 0.3) is 0 Å². The molecule has 1 aromatic rings. The molecule has 1 rings (SSSR count). The molecular weight excluding hydrogens is 280 g/mol. The second kappa shape index (κ2) is 6.23. The minimum absolute atomic E-state index is 0.107. The van der Waals surface area contributed by atoms with E-state index in [-0.39, 0.29) is 17.5 Å². The Balaban J connectivity index is 3.30. The minimum atomic E-state index is -3.81. The molecule has 0 spiro atoms. The lowest BCUT2D eigenvalue weighted by Gasteiger charge is -2.25. The van der Waals surface area contributed by atoms with E-state index in [1.165, 1.54) is 13.2 Å². The van der Waals surface area contributed by atoms with Crippen LogP contribution in [0.5, 0.6) is 0 Å². The normalized spacial score (nSPS) is 11.9. The van der Waals surface area contributed by atoms with E-state index < -0.39 is 16.0 Å². The molecule has 0 amide bonds. The Kier molecular flexibility index (Phi) is 5.13. The van der Waals surface area contributed by atoms with Crippen LogP contribution in [0.15, 0.2) is 23.1 Å². The number of nitrogens with two attached hydrogens (primary N) is 1. The number of esters is 1. The molecule has 0 saturated heterocycles. The predicted octanol–water partition coefficient (Wildman–Crippen LogP) is 1.15. The molecule has 0 bridgehead atoms. The third kappa shape index (κ3) is 3.29. The second-order valence-electron chi connectivity index (χ2n) is 4.69. The van der Waals surface area contributed by atoms with Crippen LogP contribution < -0.4 is 5.73 Å². The molecular formula is C13H20N2O4S. The van der Waals surface area contributed by atoms with Gasteiger partial charge in [-0.3, -0.25) is 4.79 Å². The van der Waals surface area contributed by atoms with E-state index in [0.717, 1.165) is 4.31 Å². The quantitative estimate of drug-likeness (QED) is 0.651. The standard InChI is InChI=1S/C13H20N2O4S/c1-9(2)15(8-13(16)19-4)20(17,18)12-7-5-6-11(14)10(12)3/h5-7,9H,8,14H2,1-4H3. The summed E-state index contributed by atoms with van der Waals surface area (Å²) in [5.74, 6) is -0.608. The minimum Gasteiger partial charge on any atom is -0.468 e. The summed E-state index contributed by atoms with van der Waals surface area (Å²) >= 11 is 0. The van der Waals surface area contributed by atoms with Crippen molar-refractivity contribution < 1.29 is 17.9 Å². The van der Waals surface area contributed by atoms with Crippen LogP contribution in [0.25, 0.3) is 0 Å². The molecule has 0 fully saturated rings. The van der Waals surface area contributed by atoms with Crippen LogP contribution in [0.4, 0.5) is 5.69 Å². The van der Waals surface area contributed by atoms with E-state index in [1.807, 2.05) is 0 Å². The molecule has 6 nitrogen and oxygen atoms in total. The van der Waals surface area contributed by atoms with E-state index in [1.54, 1.807) is 32.9 Å². The summed E-state index contributed by atoms with van der Waals surface area (Å²) in [6, 6.07) is 4.31. The first-order valence-electron chi connectivity index (χ1n) is 6.15. The number of nitrogen functional groups attached to an aromatic ring is 1. The zero-order valence-electron chi connectivity index (χ0n) is 12.1. The summed E-state index contributed by atoms with van der Waals surface area (Å²) in [5, 5.41) is 0. The maximum absolute atomic E-state index is 12.7. The van der Waals surface area contributed by atoms with Gasteiger partial charge in [-0.1, -0.05) is 6.07 Å². The third-order valence-corrected chi connectivity index (χ3v) is 5.17. The summed E-state index contributed by atoms with van der Waals surface area (Å²) in [6.45, 7) is 4.70. The van der Waals surface area contributed by atoms with E-state index in [4.69, 9.17) is 5.73 Å². The van der Waals surface area contributed by atoms with Gasteiger partial charge < -0.3 is 10.5 Å². The van der Waals surface area contributed by atoms with Gasteiger partial charge in [0.15, 0.2) is 0 Å². The Morgan fingerprint density at radius 3 is 2.50 bits per heavy atom. The van der Waals surface area contributed by atoms with E-state index >= 15 is 0 Å². The lowest BCUT2D eigenvalue weighted by Crippen LogP contribution is -2.41. The highest BCUT2D eigenvalue weighted by molar-refractivity contribution is 7.89. The highest BCUT2D eigenvalue weighted by atomic mass is 32.2. The summed E-state index contributed by atoms with van der Waals surface area (Å²) < 4.78 is 31.0. The van der Waals surface area contributed by atoms with Crippen LogP contribution in [-0.4, -0.2) is 38.4 Å². The first-order chi connectivity index (χ1) is 9.21. The molecule has 0 atom stereocenters. The largest absolute Gasteiger partial charge is 0.468 e. The fraction of sp³-hybridized carbons (Fsp3) is 0.462. The van der Waals surface area contributed by atoms with Crippen molar-refractivity contribution in [2.45, 2.75) is 31.7 Å². The van der Waals surface area contributed by atoms with Crippen LogP contribution in [-0.2, 0) is 19.6 Å². The molecule has 1 aromatic carbocycles. The molecule has 0 heterocycles. The average Bonchev–Trinajstić information content (AvgIpc) is 2.37. The van der Waals surface area contributed by atoms with Gasteiger partial charge in [-0.25, -0.2) is 8.42 Å². The molecule has 20 heavy (non-hydrogen) atoms. The molecule has 7 heteroatoms. The topological polar surface area (TPSA) is 89.7 Å². The molecule has 0 radical (unpaired) electrons. The monoisotopic (exact) mass is 300 g/mol. The van der Waals surface area contributed by atoms with Crippen molar-refractivity contribution in [3.05, 3.63) is 23.8 Å². The van der Waals surface area contributed by atoms with Crippen molar-refractivity contribution in [1.82, 2.24) is 4.31 Å². The Morgan fingerprint density at radius 1 is 1.40 bits per heavy atom. The molecule has 112 valence electrons. The van der Waals surface area contributed by atoms with E-state index in [2.05, 4.69) is 4.74 Å². The second-order valence-corrected chi connectivity index (χ2v) is 6.55. The highest BCUT2D eigenvalue weighted by Gasteiger charge is 2.30. The van der Waals surface area contributed by atoms with Gasteiger partial charge in [-0.05, 0) is 38.5 Å². The van der Waals surface area contributed by atoms with Crippen LogP contribution in [0.1, 0.15) is 19.4 Å². The summed E-state index contributed by atoms with van der Waals surface area (Å²) in [4.78, 5) is 11.5. The third-order valence-electron chi connectivity index (χ3n) is 3.00.